The van der Waals surface area contributed by atoms with Gasteiger partial charge in [-0.25, -0.2) is 12.8 Å². The van der Waals surface area contributed by atoms with Crippen molar-refractivity contribution in [1.29, 1.82) is 0 Å². The first-order chi connectivity index (χ1) is 19.8. The lowest BCUT2D eigenvalue weighted by atomic mass is 9.94. The van der Waals surface area contributed by atoms with E-state index in [1.54, 1.807) is 30.6 Å². The van der Waals surface area contributed by atoms with Crippen LogP contribution >= 0.6 is 0 Å². The number of β-amino-alcohol motifs (C(OH)–C–C–N with tert-alkyl or cyclic N) is 1. The molecule has 3 rings (SSSR count). The van der Waals surface area contributed by atoms with Crippen LogP contribution in [-0.4, -0.2) is 65.7 Å². The lowest BCUT2D eigenvalue weighted by Crippen LogP contribution is -2.46. The number of benzene rings is 2. The molecule has 1 heterocycles. The SMILES string of the molecule is CCc1cc(-c2c(F)cccc2CCC(=O)O)ccc1S(=O)(=O)N(C)CC(O)CNC(C)(C)CCCc1ccncc1. The Hall–Kier alpha value is -3.18. The van der Waals surface area contributed by atoms with Crippen molar-refractivity contribution < 1.29 is 27.8 Å². The van der Waals surface area contributed by atoms with Gasteiger partial charge in [0.2, 0.25) is 10.0 Å². The van der Waals surface area contributed by atoms with Crippen LogP contribution in [0.2, 0.25) is 0 Å². The number of likely N-dealkylation sites (N-methyl/N-ethyl adjacent to an activating group) is 1. The van der Waals surface area contributed by atoms with Gasteiger partial charge in [-0.15, -0.1) is 0 Å². The molecule has 0 aliphatic carbocycles. The number of aryl methyl sites for hydroxylation is 3. The molecule has 1 aromatic heterocycles. The van der Waals surface area contributed by atoms with Crippen LogP contribution < -0.4 is 5.32 Å². The predicted molar refractivity (Wildman–Crippen MR) is 162 cm³/mol. The molecule has 3 N–H and O–H groups in total. The molecular weight excluding hydrogens is 557 g/mol. The van der Waals surface area contributed by atoms with E-state index >= 15 is 0 Å². The molecule has 8 nitrogen and oxygen atoms in total. The molecule has 0 radical (unpaired) electrons. The summed E-state index contributed by atoms with van der Waals surface area (Å²) >= 11 is 0. The molecule has 3 aromatic rings. The molecule has 2 aromatic carbocycles. The quantitative estimate of drug-likeness (QED) is 0.216. The van der Waals surface area contributed by atoms with E-state index in [0.717, 1.165) is 23.6 Å². The van der Waals surface area contributed by atoms with E-state index in [1.807, 2.05) is 19.1 Å². The van der Waals surface area contributed by atoms with Gasteiger partial charge in [0, 0.05) is 50.1 Å². The monoisotopic (exact) mass is 599 g/mol. The number of hydrogen-bond donors (Lipinski definition) is 3. The molecular formula is C32H42FN3O5S. The van der Waals surface area contributed by atoms with E-state index in [0.29, 0.717) is 23.1 Å². The van der Waals surface area contributed by atoms with Crippen molar-refractivity contribution in [2.75, 3.05) is 20.1 Å². The van der Waals surface area contributed by atoms with E-state index in [-0.39, 0.29) is 41.9 Å². The zero-order valence-corrected chi connectivity index (χ0v) is 25.6. The van der Waals surface area contributed by atoms with Gasteiger partial charge >= 0.3 is 5.97 Å². The van der Waals surface area contributed by atoms with Crippen molar-refractivity contribution in [2.45, 2.75) is 75.8 Å². The molecule has 0 aliphatic rings. The van der Waals surface area contributed by atoms with Gasteiger partial charge < -0.3 is 15.5 Å². The van der Waals surface area contributed by atoms with E-state index in [9.17, 15) is 22.7 Å². The summed E-state index contributed by atoms with van der Waals surface area (Å²) in [5, 5.41) is 23.2. The summed E-state index contributed by atoms with van der Waals surface area (Å²) < 4.78 is 43.1. The fourth-order valence-electron chi connectivity index (χ4n) is 5.00. The molecule has 0 spiro atoms. The van der Waals surface area contributed by atoms with Crippen molar-refractivity contribution >= 4 is 16.0 Å². The lowest BCUT2D eigenvalue weighted by Gasteiger charge is -2.29. The Morgan fingerprint density at radius 2 is 1.81 bits per heavy atom. The number of pyridine rings is 1. The van der Waals surface area contributed by atoms with Crippen molar-refractivity contribution in [3.63, 3.8) is 0 Å². The maximum Gasteiger partial charge on any atom is 0.303 e. The fourth-order valence-corrected chi connectivity index (χ4v) is 6.48. The van der Waals surface area contributed by atoms with Gasteiger partial charge in [-0.2, -0.15) is 4.31 Å². The second kappa shape index (κ2) is 14.8. The number of aliphatic hydroxyl groups is 1. The molecule has 42 heavy (non-hydrogen) atoms. The summed E-state index contributed by atoms with van der Waals surface area (Å²) in [6.07, 6.45) is 5.78. The van der Waals surface area contributed by atoms with Crippen LogP contribution in [-0.2, 0) is 34.1 Å². The Balaban J connectivity index is 1.67. The number of hydrogen-bond acceptors (Lipinski definition) is 6. The molecule has 228 valence electrons. The number of nitrogens with zero attached hydrogens (tertiary/aromatic N) is 2. The summed E-state index contributed by atoms with van der Waals surface area (Å²) in [6, 6.07) is 13.2. The number of aromatic nitrogens is 1. The first-order valence-electron chi connectivity index (χ1n) is 14.2. The highest BCUT2D eigenvalue weighted by Gasteiger charge is 2.27. The lowest BCUT2D eigenvalue weighted by molar-refractivity contribution is -0.136. The van der Waals surface area contributed by atoms with Gasteiger partial charge in [-0.3, -0.25) is 9.78 Å². The minimum absolute atomic E-state index is 0.0938. The molecule has 0 bridgehead atoms. The van der Waals surface area contributed by atoms with Gasteiger partial charge in [0.05, 0.1) is 11.0 Å². The number of aliphatic carboxylic acids is 1. The van der Waals surface area contributed by atoms with Gasteiger partial charge in [0.25, 0.3) is 0 Å². The van der Waals surface area contributed by atoms with Crippen molar-refractivity contribution in [1.82, 2.24) is 14.6 Å². The average Bonchev–Trinajstić information content (AvgIpc) is 2.95. The first-order valence-corrected chi connectivity index (χ1v) is 15.7. The Kier molecular flexibility index (Phi) is 11.8. The van der Waals surface area contributed by atoms with Crippen molar-refractivity contribution in [3.05, 3.63) is 83.4 Å². The van der Waals surface area contributed by atoms with Gasteiger partial charge in [0.15, 0.2) is 0 Å². The molecule has 0 saturated heterocycles. The van der Waals surface area contributed by atoms with Crippen LogP contribution in [0.25, 0.3) is 11.1 Å². The number of sulfonamides is 1. The molecule has 1 unspecified atom stereocenters. The zero-order chi connectivity index (χ0) is 30.9. The smallest absolute Gasteiger partial charge is 0.303 e. The van der Waals surface area contributed by atoms with Crippen LogP contribution in [0.15, 0.2) is 65.8 Å². The van der Waals surface area contributed by atoms with Gasteiger partial charge in [-0.1, -0.05) is 25.1 Å². The van der Waals surface area contributed by atoms with E-state index in [1.165, 1.54) is 30.8 Å². The van der Waals surface area contributed by atoms with Crippen LogP contribution in [0.3, 0.4) is 0 Å². The summed E-state index contributed by atoms with van der Waals surface area (Å²) in [7, 11) is -2.51. The van der Waals surface area contributed by atoms with Crippen LogP contribution in [0.4, 0.5) is 4.39 Å². The molecule has 0 amide bonds. The summed E-state index contributed by atoms with van der Waals surface area (Å²) in [4.78, 5) is 15.2. The van der Waals surface area contributed by atoms with Crippen LogP contribution in [0.1, 0.15) is 56.7 Å². The molecule has 0 fully saturated rings. The maximum atomic E-state index is 14.9. The first kappa shape index (κ1) is 33.3. The van der Waals surface area contributed by atoms with Crippen molar-refractivity contribution in [3.8, 4) is 11.1 Å². The minimum atomic E-state index is -3.95. The highest BCUT2D eigenvalue weighted by atomic mass is 32.2. The van der Waals surface area contributed by atoms with E-state index < -0.39 is 27.9 Å². The number of rotatable bonds is 16. The second-order valence-electron chi connectivity index (χ2n) is 11.3. The van der Waals surface area contributed by atoms with E-state index in [4.69, 9.17) is 5.11 Å². The number of halogens is 1. The molecule has 10 heteroatoms. The number of carboxylic acid groups (broad SMARTS) is 1. The largest absolute Gasteiger partial charge is 0.481 e. The highest BCUT2D eigenvalue weighted by molar-refractivity contribution is 7.89. The molecule has 1 atom stereocenters. The molecule has 0 aliphatic heterocycles. The Morgan fingerprint density at radius 1 is 1.10 bits per heavy atom. The number of carboxylic acids is 1. The average molecular weight is 600 g/mol. The van der Waals surface area contributed by atoms with Gasteiger partial charge in [-0.05, 0) is 98.5 Å². The second-order valence-corrected chi connectivity index (χ2v) is 13.3. The maximum absolute atomic E-state index is 14.9. The third kappa shape index (κ3) is 9.16. The Labute approximate surface area is 248 Å². The topological polar surface area (TPSA) is 120 Å². The van der Waals surface area contributed by atoms with Crippen LogP contribution in [0, 0.1) is 5.82 Å². The van der Waals surface area contributed by atoms with Gasteiger partial charge in [0.1, 0.15) is 5.82 Å². The Morgan fingerprint density at radius 3 is 2.48 bits per heavy atom. The number of aliphatic hydroxyl groups excluding tert-OH is 1. The number of nitrogens with one attached hydrogen (secondary N) is 1. The summed E-state index contributed by atoms with van der Waals surface area (Å²) in [5.74, 6) is -1.48. The zero-order valence-electron chi connectivity index (χ0n) is 24.8. The Bertz CT molecular complexity index is 1450. The normalized spacial score (nSPS) is 12.9. The number of carbonyl (C=O) groups is 1. The minimum Gasteiger partial charge on any atom is -0.481 e. The highest BCUT2D eigenvalue weighted by Crippen LogP contribution is 2.32. The third-order valence-corrected chi connectivity index (χ3v) is 9.35. The van der Waals surface area contributed by atoms with E-state index in [2.05, 4.69) is 24.1 Å². The van der Waals surface area contributed by atoms with Crippen LogP contribution in [0.5, 0.6) is 0 Å². The van der Waals surface area contributed by atoms with Crippen molar-refractivity contribution in [2.24, 2.45) is 0 Å². The summed E-state index contributed by atoms with van der Waals surface area (Å²) in [5.41, 5.74) is 2.79. The predicted octanol–water partition coefficient (Wildman–Crippen LogP) is 4.84. The third-order valence-electron chi connectivity index (χ3n) is 7.43. The molecule has 0 saturated carbocycles. The fraction of sp³-hybridized carbons (Fsp3) is 0.438. The summed E-state index contributed by atoms with van der Waals surface area (Å²) in [6.45, 7) is 6.07. The standard InChI is InChI=1S/C32H42FN3O5S/c1-5-24-20-26(31-25(12-14-30(38)39)9-6-10-28(31)33)11-13-29(24)42(40,41)36(4)22-27(37)21-35-32(2,3)17-7-8-23-15-18-34-19-16-23/h6,9-11,13,15-16,18-20,27,35,37H,5,7-8,12,14,17,21-22H2,1-4H3,(H,38,39).